The summed E-state index contributed by atoms with van der Waals surface area (Å²) >= 11 is 1.63. The summed E-state index contributed by atoms with van der Waals surface area (Å²) < 4.78 is 1.15. The van der Waals surface area contributed by atoms with E-state index in [1.807, 2.05) is 0 Å². The van der Waals surface area contributed by atoms with Gasteiger partial charge in [0.2, 0.25) is 0 Å². The van der Waals surface area contributed by atoms with E-state index in [2.05, 4.69) is 0 Å². The average molecular weight is 292 g/mol. The molecule has 0 heterocycles. The fraction of sp³-hybridized carbons (Fsp3) is 1.00. The third kappa shape index (κ3) is 2.08. The molecule has 0 aromatic carbocycles. The van der Waals surface area contributed by atoms with Gasteiger partial charge in [0.15, 0.2) is 0 Å². The normalized spacial score (nSPS) is 25.3. The Balaban J connectivity index is 2.12. The van der Waals surface area contributed by atoms with Gasteiger partial charge in [-0.15, -0.1) is 0 Å². The van der Waals surface area contributed by atoms with Gasteiger partial charge >= 0.3 is 60.4 Å². The van der Waals surface area contributed by atoms with E-state index in [0.29, 0.717) is 0 Å². The molecule has 0 nitrogen and oxygen atoms in total. The Morgan fingerprint density at radius 2 is 1.57 bits per heavy atom. The first-order valence-corrected chi connectivity index (χ1v) is 5.08. The molecule has 7 heavy (non-hydrogen) atoms. The predicted molar refractivity (Wildman–Crippen MR) is 32.6 cm³/mol. The SMILES string of the molecule is [Bi][CH]1CCCCC1. The minimum atomic E-state index is 1.15. The minimum absolute atomic E-state index is 1.15. The summed E-state index contributed by atoms with van der Waals surface area (Å²) in [6, 6.07) is 0. The molecular weight excluding hydrogens is 281 g/mol. The summed E-state index contributed by atoms with van der Waals surface area (Å²) in [5.41, 5.74) is 0. The van der Waals surface area contributed by atoms with Crippen LogP contribution in [0.1, 0.15) is 32.1 Å². The van der Waals surface area contributed by atoms with Gasteiger partial charge in [0.05, 0.1) is 0 Å². The summed E-state index contributed by atoms with van der Waals surface area (Å²) in [6.45, 7) is 0. The van der Waals surface area contributed by atoms with Crippen LogP contribution in [0.5, 0.6) is 0 Å². The first-order valence-electron chi connectivity index (χ1n) is 3.07. The molecule has 0 saturated heterocycles. The molecule has 0 spiro atoms. The Morgan fingerprint density at radius 1 is 1.00 bits per heavy atom. The molecule has 2 radical (unpaired) electrons. The Hall–Kier alpha value is 0.883. The van der Waals surface area contributed by atoms with Crippen LogP contribution in [0.2, 0.25) is 3.63 Å². The standard InChI is InChI=1S/C6H11.Bi/c1-2-4-6-5-3-1;/h1H,2-6H2;. The van der Waals surface area contributed by atoms with Crippen molar-refractivity contribution >= 4 is 24.7 Å². The third-order valence-electron chi connectivity index (χ3n) is 1.57. The van der Waals surface area contributed by atoms with Gasteiger partial charge in [0.25, 0.3) is 0 Å². The molecule has 1 heteroatoms. The summed E-state index contributed by atoms with van der Waals surface area (Å²) in [4.78, 5) is 0. The average Bonchev–Trinajstić information content (AvgIpc) is 1.69. The van der Waals surface area contributed by atoms with Gasteiger partial charge in [-0.3, -0.25) is 0 Å². The second kappa shape index (κ2) is 3.02. The molecule has 0 atom stereocenters. The van der Waals surface area contributed by atoms with Crippen molar-refractivity contribution in [1.82, 2.24) is 0 Å². The molecule has 0 aliphatic heterocycles. The van der Waals surface area contributed by atoms with Crippen molar-refractivity contribution in [2.24, 2.45) is 0 Å². The third-order valence-corrected chi connectivity index (χ3v) is 3.58. The molecule has 1 rings (SSSR count). The van der Waals surface area contributed by atoms with Gasteiger partial charge in [-0.25, -0.2) is 0 Å². The van der Waals surface area contributed by atoms with E-state index in [1.54, 1.807) is 24.7 Å². The zero-order valence-electron chi connectivity index (χ0n) is 4.56. The van der Waals surface area contributed by atoms with Crippen molar-refractivity contribution in [2.75, 3.05) is 0 Å². The molecule has 0 bridgehead atoms. The van der Waals surface area contributed by atoms with Gasteiger partial charge < -0.3 is 0 Å². The molecule has 1 saturated carbocycles. The Bertz CT molecular complexity index is 46.1. The second-order valence-corrected chi connectivity index (χ2v) is 5.13. The van der Waals surface area contributed by atoms with E-state index in [1.165, 1.54) is 32.1 Å². The van der Waals surface area contributed by atoms with Gasteiger partial charge in [0.1, 0.15) is 0 Å². The fourth-order valence-corrected chi connectivity index (χ4v) is 2.50. The molecule has 0 amide bonds. The number of rotatable bonds is 0. The molecule has 0 aromatic rings. The van der Waals surface area contributed by atoms with E-state index in [9.17, 15) is 0 Å². The second-order valence-electron chi connectivity index (χ2n) is 2.29. The van der Waals surface area contributed by atoms with Crippen molar-refractivity contribution in [2.45, 2.75) is 35.7 Å². The van der Waals surface area contributed by atoms with Crippen LogP contribution in [0, 0.1) is 0 Å². The first kappa shape index (κ1) is 6.01. The number of hydrogen-bond donors (Lipinski definition) is 0. The van der Waals surface area contributed by atoms with E-state index >= 15 is 0 Å². The summed E-state index contributed by atoms with van der Waals surface area (Å²) in [6.07, 6.45) is 7.61. The van der Waals surface area contributed by atoms with Crippen LogP contribution in [0.15, 0.2) is 0 Å². The van der Waals surface area contributed by atoms with Crippen LogP contribution in [-0.2, 0) is 0 Å². The fourth-order valence-electron chi connectivity index (χ4n) is 1.08. The summed E-state index contributed by atoms with van der Waals surface area (Å²) in [5.74, 6) is 0. The van der Waals surface area contributed by atoms with Gasteiger partial charge in [-0.1, -0.05) is 0 Å². The van der Waals surface area contributed by atoms with Crippen LogP contribution < -0.4 is 0 Å². The van der Waals surface area contributed by atoms with Gasteiger partial charge in [-0.05, 0) is 0 Å². The summed E-state index contributed by atoms with van der Waals surface area (Å²) in [7, 11) is 0. The molecule has 0 N–H and O–H groups in total. The van der Waals surface area contributed by atoms with E-state index in [-0.39, 0.29) is 0 Å². The Labute approximate surface area is 60.5 Å². The van der Waals surface area contributed by atoms with E-state index in [0.717, 1.165) is 3.63 Å². The zero-order chi connectivity index (χ0) is 5.11. The molecule has 40 valence electrons. The van der Waals surface area contributed by atoms with Gasteiger partial charge in [0, 0.05) is 0 Å². The van der Waals surface area contributed by atoms with Crippen molar-refractivity contribution in [1.29, 1.82) is 0 Å². The zero-order valence-corrected chi connectivity index (χ0v) is 8.04. The molecular formula is C6H11Bi. The maximum absolute atomic E-state index is 1.63. The Morgan fingerprint density at radius 3 is 1.86 bits per heavy atom. The van der Waals surface area contributed by atoms with Crippen LogP contribution in [0.4, 0.5) is 0 Å². The van der Waals surface area contributed by atoms with Crippen LogP contribution >= 0.6 is 0 Å². The van der Waals surface area contributed by atoms with Crippen molar-refractivity contribution in [3.05, 3.63) is 0 Å². The van der Waals surface area contributed by atoms with Gasteiger partial charge in [-0.2, -0.15) is 0 Å². The predicted octanol–water partition coefficient (Wildman–Crippen LogP) is 1.91. The van der Waals surface area contributed by atoms with E-state index < -0.39 is 0 Å². The van der Waals surface area contributed by atoms with Crippen LogP contribution in [-0.4, -0.2) is 24.7 Å². The monoisotopic (exact) mass is 292 g/mol. The first-order chi connectivity index (χ1) is 3.39. The van der Waals surface area contributed by atoms with Crippen LogP contribution in [0.25, 0.3) is 0 Å². The molecule has 1 aliphatic rings. The Kier molecular flexibility index (Phi) is 2.59. The van der Waals surface area contributed by atoms with Crippen LogP contribution in [0.3, 0.4) is 0 Å². The van der Waals surface area contributed by atoms with Crippen molar-refractivity contribution in [3.63, 3.8) is 0 Å². The van der Waals surface area contributed by atoms with Crippen molar-refractivity contribution in [3.8, 4) is 0 Å². The summed E-state index contributed by atoms with van der Waals surface area (Å²) in [5, 5.41) is 0. The molecule has 1 fully saturated rings. The van der Waals surface area contributed by atoms with E-state index in [4.69, 9.17) is 0 Å². The molecule has 0 aromatic heterocycles. The molecule has 0 unspecified atom stereocenters. The van der Waals surface area contributed by atoms with Crippen molar-refractivity contribution < 1.29 is 0 Å². The maximum atomic E-state index is 1.63. The topological polar surface area (TPSA) is 0 Å². The quantitative estimate of drug-likeness (QED) is 0.598. The molecule has 1 aliphatic carbocycles. The number of hydrogen-bond acceptors (Lipinski definition) is 0.